The van der Waals surface area contributed by atoms with Crippen molar-refractivity contribution in [3.63, 3.8) is 0 Å². The fourth-order valence-electron chi connectivity index (χ4n) is 1.48. The summed E-state index contributed by atoms with van der Waals surface area (Å²) in [5, 5.41) is 5.21. The number of carbonyl (C=O) groups is 2. The van der Waals surface area contributed by atoms with Gasteiger partial charge in [-0.15, -0.1) is 0 Å². The molecule has 0 bridgehead atoms. The molecule has 1 aromatic rings. The molecule has 0 saturated heterocycles. The van der Waals surface area contributed by atoms with Gasteiger partial charge in [-0.1, -0.05) is 19.1 Å². The number of primary amides is 1. The number of urea groups is 1. The molecule has 104 valence electrons. The molecule has 0 saturated carbocycles. The van der Waals surface area contributed by atoms with Crippen molar-refractivity contribution < 1.29 is 14.3 Å². The van der Waals surface area contributed by atoms with Crippen molar-refractivity contribution in [3.8, 4) is 5.75 Å². The van der Waals surface area contributed by atoms with Gasteiger partial charge in [0.1, 0.15) is 5.75 Å². The Kier molecular flexibility index (Phi) is 6.38. The van der Waals surface area contributed by atoms with Crippen LogP contribution in [0.15, 0.2) is 24.3 Å². The fraction of sp³-hybridized carbons (Fsp3) is 0.385. The number of imide groups is 1. The van der Waals surface area contributed by atoms with E-state index in [2.05, 4.69) is 12.2 Å². The summed E-state index contributed by atoms with van der Waals surface area (Å²) < 4.78 is 5.27. The zero-order chi connectivity index (χ0) is 14.1. The molecule has 0 fully saturated rings. The second-order valence-electron chi connectivity index (χ2n) is 4.03. The Morgan fingerprint density at radius 3 is 2.84 bits per heavy atom. The zero-order valence-corrected chi connectivity index (χ0v) is 10.9. The molecule has 3 amide bonds. The molecule has 0 unspecified atom stereocenters. The molecule has 4 N–H and O–H groups in total. The van der Waals surface area contributed by atoms with E-state index in [4.69, 9.17) is 10.5 Å². The van der Waals surface area contributed by atoms with Crippen LogP contribution in [0.25, 0.3) is 0 Å². The van der Waals surface area contributed by atoms with Crippen LogP contribution in [0.3, 0.4) is 0 Å². The first-order chi connectivity index (χ1) is 9.11. The van der Waals surface area contributed by atoms with E-state index in [1.54, 1.807) is 6.07 Å². The van der Waals surface area contributed by atoms with Crippen LogP contribution in [-0.4, -0.2) is 25.1 Å². The number of hydrogen-bond donors (Lipinski definition) is 3. The van der Waals surface area contributed by atoms with Gasteiger partial charge in [0.2, 0.25) is 0 Å². The van der Waals surface area contributed by atoms with Gasteiger partial charge in [-0.3, -0.25) is 10.1 Å². The van der Waals surface area contributed by atoms with Crippen molar-refractivity contribution in [2.45, 2.75) is 19.9 Å². The molecule has 19 heavy (non-hydrogen) atoms. The largest absolute Gasteiger partial charge is 0.484 e. The summed E-state index contributed by atoms with van der Waals surface area (Å²) in [6.07, 6.45) is 1.07. The number of rotatable bonds is 7. The minimum absolute atomic E-state index is 0.241. The van der Waals surface area contributed by atoms with E-state index in [1.807, 2.05) is 23.5 Å². The van der Waals surface area contributed by atoms with Crippen LogP contribution in [-0.2, 0) is 11.3 Å². The molecular weight excluding hydrogens is 246 g/mol. The van der Waals surface area contributed by atoms with E-state index >= 15 is 0 Å². The van der Waals surface area contributed by atoms with E-state index < -0.39 is 11.9 Å². The van der Waals surface area contributed by atoms with Gasteiger partial charge in [-0.05, 0) is 30.7 Å². The normalized spacial score (nSPS) is 9.95. The molecule has 0 aliphatic rings. The van der Waals surface area contributed by atoms with Crippen LogP contribution in [0, 0.1) is 0 Å². The minimum atomic E-state index is -0.883. The van der Waals surface area contributed by atoms with Gasteiger partial charge < -0.3 is 15.8 Å². The van der Waals surface area contributed by atoms with Crippen molar-refractivity contribution in [3.05, 3.63) is 29.8 Å². The van der Waals surface area contributed by atoms with E-state index in [0.29, 0.717) is 5.75 Å². The second-order valence-corrected chi connectivity index (χ2v) is 4.03. The average molecular weight is 265 g/mol. The molecule has 0 heterocycles. The lowest BCUT2D eigenvalue weighted by molar-refractivity contribution is -0.121. The molecular formula is C13H19N3O3. The smallest absolute Gasteiger partial charge is 0.318 e. The molecule has 6 heteroatoms. The van der Waals surface area contributed by atoms with Gasteiger partial charge in [-0.25, -0.2) is 4.79 Å². The molecule has 0 aliphatic carbocycles. The molecule has 1 aromatic carbocycles. The van der Waals surface area contributed by atoms with Crippen molar-refractivity contribution in [2.75, 3.05) is 13.2 Å². The number of benzene rings is 1. The second kappa shape index (κ2) is 8.10. The highest BCUT2D eigenvalue weighted by atomic mass is 16.5. The predicted molar refractivity (Wildman–Crippen MR) is 71.7 cm³/mol. The van der Waals surface area contributed by atoms with Crippen molar-refractivity contribution in [2.24, 2.45) is 5.73 Å². The van der Waals surface area contributed by atoms with Crippen molar-refractivity contribution >= 4 is 11.9 Å². The maximum Gasteiger partial charge on any atom is 0.318 e. The predicted octanol–water partition coefficient (Wildman–Crippen LogP) is 0.760. The van der Waals surface area contributed by atoms with Crippen LogP contribution in [0.1, 0.15) is 18.9 Å². The third-order valence-corrected chi connectivity index (χ3v) is 2.29. The van der Waals surface area contributed by atoms with E-state index in [0.717, 1.165) is 25.1 Å². The highest BCUT2D eigenvalue weighted by Crippen LogP contribution is 2.13. The summed E-state index contributed by atoms with van der Waals surface area (Å²) >= 11 is 0. The molecule has 0 aliphatic heterocycles. The number of hydrogen-bond acceptors (Lipinski definition) is 4. The van der Waals surface area contributed by atoms with E-state index in [1.165, 1.54) is 0 Å². The summed E-state index contributed by atoms with van der Waals surface area (Å²) in [7, 11) is 0. The molecule has 6 nitrogen and oxygen atoms in total. The Balaban J connectivity index is 2.43. The Bertz CT molecular complexity index is 435. The number of nitrogens with two attached hydrogens (primary N) is 1. The van der Waals surface area contributed by atoms with E-state index in [-0.39, 0.29) is 6.61 Å². The Morgan fingerprint density at radius 1 is 1.37 bits per heavy atom. The first kappa shape index (κ1) is 15.0. The zero-order valence-electron chi connectivity index (χ0n) is 10.9. The summed E-state index contributed by atoms with van der Waals surface area (Å²) in [6, 6.07) is 6.54. The highest BCUT2D eigenvalue weighted by Gasteiger charge is 2.05. The number of amides is 3. The van der Waals surface area contributed by atoms with Crippen molar-refractivity contribution in [1.82, 2.24) is 10.6 Å². The van der Waals surface area contributed by atoms with Gasteiger partial charge in [0.25, 0.3) is 5.91 Å². The lowest BCUT2D eigenvalue weighted by atomic mass is 10.2. The van der Waals surface area contributed by atoms with Gasteiger partial charge in [0.15, 0.2) is 6.61 Å². The van der Waals surface area contributed by atoms with Crippen LogP contribution < -0.4 is 21.1 Å². The summed E-state index contributed by atoms with van der Waals surface area (Å²) in [5.74, 6) is 0.0115. The topological polar surface area (TPSA) is 93.4 Å². The summed E-state index contributed by atoms with van der Waals surface area (Å²) in [5.41, 5.74) is 5.89. The van der Waals surface area contributed by atoms with Gasteiger partial charge >= 0.3 is 6.03 Å². The lowest BCUT2D eigenvalue weighted by Crippen LogP contribution is -2.38. The third-order valence-electron chi connectivity index (χ3n) is 2.29. The monoisotopic (exact) mass is 265 g/mol. The van der Waals surface area contributed by atoms with E-state index in [9.17, 15) is 9.59 Å². The standard InChI is InChI=1S/C13H19N3O3/c1-2-6-15-8-10-4-3-5-11(7-10)19-9-12(17)16-13(14)18/h3-5,7,15H,2,6,8-9H2,1H3,(H3,14,16,17,18). The number of carbonyl (C=O) groups excluding carboxylic acids is 2. The molecule has 0 radical (unpaired) electrons. The number of nitrogens with one attached hydrogen (secondary N) is 2. The highest BCUT2D eigenvalue weighted by molar-refractivity contribution is 5.94. The van der Waals surface area contributed by atoms with Gasteiger partial charge in [0.05, 0.1) is 0 Å². The summed E-state index contributed by atoms with van der Waals surface area (Å²) in [6.45, 7) is 3.56. The van der Waals surface area contributed by atoms with Gasteiger partial charge in [0, 0.05) is 6.54 Å². The molecule has 0 atom stereocenters. The van der Waals surface area contributed by atoms with Gasteiger partial charge in [-0.2, -0.15) is 0 Å². The van der Waals surface area contributed by atoms with Crippen LogP contribution in [0.4, 0.5) is 4.79 Å². The first-order valence-corrected chi connectivity index (χ1v) is 6.13. The lowest BCUT2D eigenvalue weighted by Gasteiger charge is -2.08. The van der Waals surface area contributed by atoms with Crippen LogP contribution in [0.2, 0.25) is 0 Å². The molecule has 0 spiro atoms. The maximum atomic E-state index is 11.2. The Morgan fingerprint density at radius 2 is 2.16 bits per heavy atom. The first-order valence-electron chi connectivity index (χ1n) is 6.13. The Hall–Kier alpha value is -2.08. The molecule has 0 aromatic heterocycles. The third kappa shape index (κ3) is 6.42. The quantitative estimate of drug-likeness (QED) is 0.634. The van der Waals surface area contributed by atoms with Crippen molar-refractivity contribution in [1.29, 1.82) is 0 Å². The molecule has 1 rings (SSSR count). The Labute approximate surface area is 112 Å². The summed E-state index contributed by atoms with van der Waals surface area (Å²) in [4.78, 5) is 21.6. The average Bonchev–Trinajstić information content (AvgIpc) is 2.36. The fourth-order valence-corrected chi connectivity index (χ4v) is 1.48. The minimum Gasteiger partial charge on any atom is -0.484 e. The number of ether oxygens (including phenoxy) is 1. The van der Waals surface area contributed by atoms with Crippen LogP contribution in [0.5, 0.6) is 5.75 Å². The SMILES string of the molecule is CCCNCc1cccc(OCC(=O)NC(N)=O)c1. The maximum absolute atomic E-state index is 11.2. The van der Waals surface area contributed by atoms with Crippen LogP contribution >= 0.6 is 0 Å².